The SMILES string of the molecule is CCCCCc1nc(C(O)c2ccccc2F)n(CCO)n1. The average Bonchev–Trinajstić information content (AvgIpc) is 2.91. The van der Waals surface area contributed by atoms with E-state index in [0.29, 0.717) is 12.2 Å². The highest BCUT2D eigenvalue weighted by Crippen LogP contribution is 2.23. The number of hydrogen-bond donors (Lipinski definition) is 2. The van der Waals surface area contributed by atoms with Crippen LogP contribution in [0.5, 0.6) is 0 Å². The Morgan fingerprint density at radius 2 is 2.05 bits per heavy atom. The summed E-state index contributed by atoms with van der Waals surface area (Å²) in [5.41, 5.74) is 0.161. The van der Waals surface area contributed by atoms with E-state index in [2.05, 4.69) is 17.0 Å². The molecule has 1 heterocycles. The molecule has 5 nitrogen and oxygen atoms in total. The third kappa shape index (κ3) is 3.90. The molecule has 0 saturated heterocycles. The Balaban J connectivity index is 2.25. The Morgan fingerprint density at radius 3 is 2.73 bits per heavy atom. The van der Waals surface area contributed by atoms with E-state index in [1.54, 1.807) is 12.1 Å². The molecule has 6 heteroatoms. The highest BCUT2D eigenvalue weighted by atomic mass is 19.1. The number of benzene rings is 1. The monoisotopic (exact) mass is 307 g/mol. The molecule has 0 amide bonds. The fraction of sp³-hybridized carbons (Fsp3) is 0.500. The molecule has 0 aliphatic carbocycles. The van der Waals surface area contributed by atoms with Gasteiger partial charge in [-0.1, -0.05) is 38.0 Å². The van der Waals surface area contributed by atoms with Crippen molar-refractivity contribution >= 4 is 0 Å². The van der Waals surface area contributed by atoms with Gasteiger partial charge in [0.1, 0.15) is 11.9 Å². The van der Waals surface area contributed by atoms with Gasteiger partial charge < -0.3 is 10.2 Å². The first-order valence-electron chi connectivity index (χ1n) is 7.64. The summed E-state index contributed by atoms with van der Waals surface area (Å²) >= 11 is 0. The van der Waals surface area contributed by atoms with Gasteiger partial charge in [0, 0.05) is 12.0 Å². The number of rotatable bonds is 8. The van der Waals surface area contributed by atoms with Crippen molar-refractivity contribution in [2.45, 2.75) is 45.3 Å². The third-order valence-electron chi connectivity index (χ3n) is 3.50. The zero-order chi connectivity index (χ0) is 15.9. The molecule has 0 aliphatic heterocycles. The number of unbranched alkanes of at least 4 members (excludes halogenated alkanes) is 2. The predicted octanol–water partition coefficient (Wildman–Crippen LogP) is 2.22. The van der Waals surface area contributed by atoms with Gasteiger partial charge in [0.15, 0.2) is 11.6 Å². The van der Waals surface area contributed by atoms with Gasteiger partial charge in [-0.3, -0.25) is 0 Å². The molecule has 0 bridgehead atoms. The minimum atomic E-state index is -1.19. The Labute approximate surface area is 129 Å². The van der Waals surface area contributed by atoms with Crippen molar-refractivity contribution < 1.29 is 14.6 Å². The number of aliphatic hydroxyl groups is 2. The molecule has 1 unspecified atom stereocenters. The van der Waals surface area contributed by atoms with E-state index in [4.69, 9.17) is 5.11 Å². The summed E-state index contributed by atoms with van der Waals surface area (Å²) < 4.78 is 15.3. The van der Waals surface area contributed by atoms with E-state index in [-0.39, 0.29) is 24.5 Å². The summed E-state index contributed by atoms with van der Waals surface area (Å²) in [6, 6.07) is 6.05. The van der Waals surface area contributed by atoms with Gasteiger partial charge in [0.05, 0.1) is 13.2 Å². The van der Waals surface area contributed by atoms with Gasteiger partial charge in [-0.15, -0.1) is 0 Å². The minimum absolute atomic E-state index is 0.116. The van der Waals surface area contributed by atoms with Crippen LogP contribution in [0.1, 0.15) is 49.5 Å². The second-order valence-corrected chi connectivity index (χ2v) is 5.21. The lowest BCUT2D eigenvalue weighted by atomic mass is 10.1. The number of nitrogens with zero attached hydrogens (tertiary/aromatic N) is 3. The molecular formula is C16H22FN3O2. The normalized spacial score (nSPS) is 12.5. The Kier molecular flexibility index (Phi) is 6.03. The first-order chi connectivity index (χ1) is 10.7. The van der Waals surface area contributed by atoms with E-state index in [0.717, 1.165) is 19.3 Å². The maximum atomic E-state index is 13.8. The quantitative estimate of drug-likeness (QED) is 0.734. The molecule has 0 radical (unpaired) electrons. The largest absolute Gasteiger partial charge is 0.394 e. The van der Waals surface area contributed by atoms with Crippen LogP contribution in [0.25, 0.3) is 0 Å². The molecule has 0 fully saturated rings. The molecule has 0 saturated carbocycles. The molecule has 120 valence electrons. The number of aliphatic hydroxyl groups excluding tert-OH is 2. The van der Waals surface area contributed by atoms with Crippen molar-refractivity contribution in [3.63, 3.8) is 0 Å². The van der Waals surface area contributed by atoms with Crippen molar-refractivity contribution in [3.05, 3.63) is 47.3 Å². The van der Waals surface area contributed by atoms with Gasteiger partial charge in [0.25, 0.3) is 0 Å². The number of aryl methyl sites for hydroxylation is 1. The lowest BCUT2D eigenvalue weighted by Crippen LogP contribution is -2.14. The maximum Gasteiger partial charge on any atom is 0.160 e. The predicted molar refractivity (Wildman–Crippen MR) is 80.8 cm³/mol. The van der Waals surface area contributed by atoms with Gasteiger partial charge in [-0.2, -0.15) is 5.10 Å². The summed E-state index contributed by atoms with van der Waals surface area (Å²) in [6.07, 6.45) is 2.67. The topological polar surface area (TPSA) is 71.2 Å². The summed E-state index contributed by atoms with van der Waals surface area (Å²) in [5, 5.41) is 23.9. The van der Waals surface area contributed by atoms with Gasteiger partial charge in [-0.05, 0) is 12.5 Å². The molecule has 0 spiro atoms. The number of halogens is 1. The van der Waals surface area contributed by atoms with Crippen LogP contribution < -0.4 is 0 Å². The average molecular weight is 307 g/mol. The smallest absolute Gasteiger partial charge is 0.160 e. The Bertz CT molecular complexity index is 601. The highest BCUT2D eigenvalue weighted by molar-refractivity contribution is 5.24. The molecule has 2 rings (SSSR count). The van der Waals surface area contributed by atoms with Gasteiger partial charge in [0.2, 0.25) is 0 Å². The third-order valence-corrected chi connectivity index (χ3v) is 3.50. The van der Waals surface area contributed by atoms with Gasteiger partial charge in [-0.25, -0.2) is 14.1 Å². The minimum Gasteiger partial charge on any atom is -0.394 e. The summed E-state index contributed by atoms with van der Waals surface area (Å²) in [7, 11) is 0. The van der Waals surface area contributed by atoms with Crippen LogP contribution >= 0.6 is 0 Å². The second kappa shape index (κ2) is 8.00. The van der Waals surface area contributed by atoms with Crippen LogP contribution in [0, 0.1) is 5.82 Å². The van der Waals surface area contributed by atoms with Crippen molar-refractivity contribution in [2.24, 2.45) is 0 Å². The summed E-state index contributed by atoms with van der Waals surface area (Å²) in [6.45, 7) is 2.22. The van der Waals surface area contributed by atoms with Crippen LogP contribution in [0.3, 0.4) is 0 Å². The van der Waals surface area contributed by atoms with E-state index in [9.17, 15) is 9.50 Å². The fourth-order valence-electron chi connectivity index (χ4n) is 2.34. The Morgan fingerprint density at radius 1 is 1.27 bits per heavy atom. The van der Waals surface area contributed by atoms with Crippen LogP contribution in [0.15, 0.2) is 24.3 Å². The van der Waals surface area contributed by atoms with Crippen LogP contribution in [-0.2, 0) is 13.0 Å². The molecule has 0 aliphatic rings. The highest BCUT2D eigenvalue weighted by Gasteiger charge is 2.22. The molecule has 1 aromatic carbocycles. The molecule has 22 heavy (non-hydrogen) atoms. The zero-order valence-corrected chi connectivity index (χ0v) is 12.7. The van der Waals surface area contributed by atoms with E-state index in [1.165, 1.54) is 16.8 Å². The molecular weight excluding hydrogens is 285 g/mol. The van der Waals surface area contributed by atoms with Crippen molar-refractivity contribution in [3.8, 4) is 0 Å². The lowest BCUT2D eigenvalue weighted by molar-refractivity contribution is 0.191. The number of hydrogen-bond acceptors (Lipinski definition) is 4. The maximum absolute atomic E-state index is 13.8. The van der Waals surface area contributed by atoms with E-state index in [1.807, 2.05) is 0 Å². The molecule has 1 atom stereocenters. The van der Waals surface area contributed by atoms with Crippen LogP contribution in [-0.4, -0.2) is 31.6 Å². The summed E-state index contributed by atoms with van der Waals surface area (Å²) in [4.78, 5) is 4.34. The van der Waals surface area contributed by atoms with Crippen LogP contribution in [0.2, 0.25) is 0 Å². The van der Waals surface area contributed by atoms with E-state index >= 15 is 0 Å². The number of aromatic nitrogens is 3. The lowest BCUT2D eigenvalue weighted by Gasteiger charge is -2.12. The second-order valence-electron chi connectivity index (χ2n) is 5.21. The van der Waals surface area contributed by atoms with Crippen molar-refractivity contribution in [1.29, 1.82) is 0 Å². The van der Waals surface area contributed by atoms with Crippen molar-refractivity contribution in [1.82, 2.24) is 14.8 Å². The standard InChI is InChI=1S/C16H22FN3O2/c1-2-3-4-9-14-18-16(20(19-14)10-11-21)15(22)12-7-5-6-8-13(12)17/h5-8,15,21-22H,2-4,9-11H2,1H3. The first-order valence-corrected chi connectivity index (χ1v) is 7.64. The van der Waals surface area contributed by atoms with Crippen molar-refractivity contribution in [2.75, 3.05) is 6.61 Å². The van der Waals surface area contributed by atoms with E-state index < -0.39 is 11.9 Å². The summed E-state index contributed by atoms with van der Waals surface area (Å²) in [5.74, 6) is 0.402. The molecule has 1 aromatic heterocycles. The Hall–Kier alpha value is -1.79. The molecule has 2 N–H and O–H groups in total. The zero-order valence-electron chi connectivity index (χ0n) is 12.7. The fourth-order valence-corrected chi connectivity index (χ4v) is 2.34. The first kappa shape index (κ1) is 16.6. The van der Waals surface area contributed by atoms with Gasteiger partial charge >= 0.3 is 0 Å². The van der Waals surface area contributed by atoms with Crippen LogP contribution in [0.4, 0.5) is 4.39 Å². The molecule has 2 aromatic rings.